The number of fused-ring (bicyclic) bond motifs is 1. The molecule has 0 aromatic heterocycles. The molecule has 8 heteroatoms. The van der Waals surface area contributed by atoms with Crippen LogP contribution < -0.4 is 23.8 Å². The Balaban J connectivity index is 0.000000500. The summed E-state index contributed by atoms with van der Waals surface area (Å²) >= 11 is 1.90. The lowest BCUT2D eigenvalue weighted by Crippen LogP contribution is -2.58. The Kier molecular flexibility index (Phi) is 7.94. The third-order valence-corrected chi connectivity index (χ3v) is 5.27. The van der Waals surface area contributed by atoms with Gasteiger partial charge in [-0.15, -0.1) is 0 Å². The number of halogens is 1. The molecule has 2 aromatic carbocycles. The normalized spacial score (nSPS) is 16.2. The van der Waals surface area contributed by atoms with E-state index in [-0.39, 0.29) is 0 Å². The van der Waals surface area contributed by atoms with Crippen LogP contribution in [0.1, 0.15) is 5.56 Å². The predicted octanol–water partition coefficient (Wildman–Crippen LogP) is 0.766. The Bertz CT molecular complexity index is 814. The van der Waals surface area contributed by atoms with Crippen LogP contribution in [0.2, 0.25) is 0 Å². The lowest BCUT2D eigenvalue weighted by Gasteiger charge is -2.17. The maximum Gasteiger partial charge on any atom is 0.0982 e. The fraction of sp³-hybridized carbons (Fsp3) is 0.200. The predicted molar refractivity (Wildman–Crippen MR) is 106 cm³/mol. The van der Waals surface area contributed by atoms with E-state index in [1.807, 2.05) is 11.8 Å². The maximum atomic E-state index is 8.60. The first-order valence-electron chi connectivity index (χ1n) is 8.39. The van der Waals surface area contributed by atoms with Crippen LogP contribution in [-0.4, -0.2) is 31.2 Å². The molecule has 1 N–H and O–H groups in total. The molecule has 1 atom stereocenters. The first kappa shape index (κ1) is 22.3. The van der Waals surface area contributed by atoms with E-state index >= 15 is 0 Å². The van der Waals surface area contributed by atoms with Gasteiger partial charge in [-0.2, -0.15) is 14.0 Å². The molecular formula is C20H23ClN2O4S. The molecule has 0 spiro atoms. The molecule has 1 heterocycles. The van der Waals surface area contributed by atoms with Crippen LogP contribution in [0.25, 0.3) is 6.08 Å². The maximum absolute atomic E-state index is 8.60. The summed E-state index contributed by atoms with van der Waals surface area (Å²) in [7, 11) is 1.57. The molecule has 1 aliphatic rings. The van der Waals surface area contributed by atoms with Crippen molar-refractivity contribution in [3.63, 3.8) is 0 Å². The fourth-order valence-electron chi connectivity index (χ4n) is 2.57. The Morgan fingerprint density at radius 2 is 1.64 bits per heavy atom. The van der Waals surface area contributed by atoms with Crippen LogP contribution in [-0.2, 0) is 0 Å². The molecular weight excluding hydrogens is 400 g/mol. The zero-order chi connectivity index (χ0) is 20.7. The van der Waals surface area contributed by atoms with Gasteiger partial charge in [-0.3, -0.25) is 0 Å². The average molecular weight is 423 g/mol. The third kappa shape index (κ3) is 7.20. The highest BCUT2D eigenvalue weighted by molar-refractivity contribution is 8.00. The van der Waals surface area contributed by atoms with Gasteiger partial charge in [-0.25, -0.2) is 0 Å². The Morgan fingerprint density at radius 3 is 2.21 bits per heavy atom. The second-order valence-corrected chi connectivity index (χ2v) is 8.16. The molecule has 0 saturated carbocycles. The minimum absolute atomic E-state index is 0.369. The van der Waals surface area contributed by atoms with Crippen LogP contribution in [0.5, 0.6) is 0 Å². The lowest BCUT2D eigenvalue weighted by molar-refractivity contribution is -1.92. The molecule has 1 aliphatic heterocycles. The molecule has 0 radical (unpaired) electrons. The molecule has 2 aromatic rings. The number of nitrogens with zero attached hydrogens (tertiary/aromatic N) is 2. The van der Waals surface area contributed by atoms with E-state index in [2.05, 4.69) is 104 Å². The molecule has 3 rings (SSSR count). The van der Waals surface area contributed by atoms with Crippen LogP contribution in [0.15, 0.2) is 71.7 Å². The van der Waals surface area contributed by atoms with Crippen molar-refractivity contribution in [1.29, 1.82) is 0 Å². The number of thioether (sulfide) groups is 1. The number of hydrogen-bond donors (Lipinski definition) is 1. The summed E-state index contributed by atoms with van der Waals surface area (Å²) in [6.07, 6.45) is 8.64. The number of rotatable bonds is 4. The monoisotopic (exact) mass is 422 g/mol. The smallest absolute Gasteiger partial charge is 0.0982 e. The van der Waals surface area contributed by atoms with E-state index in [4.69, 9.17) is 18.6 Å². The van der Waals surface area contributed by atoms with Gasteiger partial charge in [0.15, 0.2) is 0 Å². The zero-order valence-corrected chi connectivity index (χ0v) is 17.4. The summed E-state index contributed by atoms with van der Waals surface area (Å²) in [5.41, 5.74) is 3.76. The molecule has 0 aliphatic carbocycles. The van der Waals surface area contributed by atoms with Gasteiger partial charge in [-0.05, 0) is 29.8 Å². The third-order valence-electron chi connectivity index (χ3n) is 3.96. The zero-order valence-electron chi connectivity index (χ0n) is 15.9. The van der Waals surface area contributed by atoms with Crippen molar-refractivity contribution < 1.29 is 28.9 Å². The Labute approximate surface area is 171 Å². The number of allylic oxidation sites excluding steroid dienone is 2. The standard InChI is InChI=1S/C20H22N2S.ClHO4/c1-21(2)17-14-12-16(13-15-17)8-4-7-11-20-22(3)18-9-5-6-10-19(18)23-20;2-1(3,4)5/h4-15,20H,1-3H3;(H,2,3,4,5)/b8-4+,11-7+;. The summed E-state index contributed by atoms with van der Waals surface area (Å²) in [5.74, 6) is 0. The highest BCUT2D eigenvalue weighted by atomic mass is 35.7. The highest BCUT2D eigenvalue weighted by Crippen LogP contribution is 2.42. The molecule has 0 fully saturated rings. The number of hydrogen-bond acceptors (Lipinski definition) is 7. The van der Waals surface area contributed by atoms with E-state index in [1.54, 1.807) is 0 Å². The first-order chi connectivity index (χ1) is 13.1. The van der Waals surface area contributed by atoms with Gasteiger partial charge in [0.2, 0.25) is 0 Å². The van der Waals surface area contributed by atoms with Crippen molar-refractivity contribution >= 4 is 29.2 Å². The molecule has 28 heavy (non-hydrogen) atoms. The summed E-state index contributed by atoms with van der Waals surface area (Å²) in [6.45, 7) is 0. The van der Waals surface area contributed by atoms with Gasteiger partial charge in [0, 0.05) is 31.7 Å². The molecule has 150 valence electrons. The van der Waals surface area contributed by atoms with Crippen LogP contribution >= 0.6 is 11.8 Å². The quantitative estimate of drug-likeness (QED) is 0.727. The number of benzene rings is 2. The summed E-state index contributed by atoms with van der Waals surface area (Å²) < 4.78 is 32.7. The van der Waals surface area contributed by atoms with Crippen molar-refractivity contribution in [2.75, 3.05) is 30.9 Å². The minimum Gasteiger partial charge on any atom is -0.378 e. The fourth-order valence-corrected chi connectivity index (χ4v) is 3.76. The number of para-hydroxylation sites is 1. The molecule has 1 unspecified atom stereocenters. The van der Waals surface area contributed by atoms with Crippen molar-refractivity contribution in [2.45, 2.75) is 10.3 Å². The van der Waals surface area contributed by atoms with E-state index in [1.165, 1.54) is 21.8 Å². The highest BCUT2D eigenvalue weighted by Gasteiger charge is 2.24. The second kappa shape index (κ2) is 9.97. The molecule has 0 bridgehead atoms. The van der Waals surface area contributed by atoms with Crippen molar-refractivity contribution in [1.82, 2.24) is 0 Å². The topological polar surface area (TPSA) is 95.9 Å². The van der Waals surface area contributed by atoms with Crippen LogP contribution in [0.4, 0.5) is 11.4 Å². The van der Waals surface area contributed by atoms with Crippen molar-refractivity contribution in [3.05, 3.63) is 72.3 Å². The second-order valence-electron chi connectivity index (χ2n) is 6.21. The summed E-state index contributed by atoms with van der Waals surface area (Å²) in [6, 6.07) is 17.1. The lowest BCUT2D eigenvalue weighted by atomic mass is 10.2. The van der Waals surface area contributed by atoms with E-state index in [0.29, 0.717) is 5.37 Å². The van der Waals surface area contributed by atoms with Gasteiger partial charge in [0.1, 0.15) is 0 Å². The van der Waals surface area contributed by atoms with Gasteiger partial charge in [0.25, 0.3) is 0 Å². The van der Waals surface area contributed by atoms with Gasteiger partial charge >= 0.3 is 0 Å². The molecule has 0 amide bonds. The van der Waals surface area contributed by atoms with Crippen LogP contribution in [0, 0.1) is 10.2 Å². The largest absolute Gasteiger partial charge is 0.378 e. The van der Waals surface area contributed by atoms with E-state index in [9.17, 15) is 0 Å². The average Bonchev–Trinajstić information content (AvgIpc) is 2.94. The Morgan fingerprint density at radius 1 is 1.04 bits per heavy atom. The summed E-state index contributed by atoms with van der Waals surface area (Å²) in [4.78, 5) is 5.78. The van der Waals surface area contributed by atoms with Crippen molar-refractivity contribution in [3.8, 4) is 0 Å². The molecule has 0 saturated heterocycles. The molecule has 6 nitrogen and oxygen atoms in total. The van der Waals surface area contributed by atoms with E-state index < -0.39 is 10.2 Å². The summed E-state index contributed by atoms with van der Waals surface area (Å²) in [5, 5.41) is 0.369. The van der Waals surface area contributed by atoms with E-state index in [0.717, 1.165) is 0 Å². The SMILES string of the molecule is CN(C)c1ccc(/C=C/C=C/C2Sc3ccccc3N2C)cc1.[O-][Cl+3]([O-])([O-])O. The Hall–Kier alpha value is -2.00. The van der Waals surface area contributed by atoms with Gasteiger partial charge in [-0.1, -0.05) is 60.3 Å². The van der Waals surface area contributed by atoms with Crippen molar-refractivity contribution in [2.24, 2.45) is 0 Å². The van der Waals surface area contributed by atoms with Gasteiger partial charge < -0.3 is 9.80 Å². The number of anilines is 2. The number of likely N-dealkylation sites (N-methyl/N-ethyl adjacent to an activating group) is 1. The minimum atomic E-state index is -4.69. The van der Waals surface area contributed by atoms with Gasteiger partial charge in [0.05, 0.1) is 26.0 Å². The van der Waals surface area contributed by atoms with Crippen LogP contribution in [0.3, 0.4) is 0 Å². The first-order valence-corrected chi connectivity index (χ1v) is 10.5.